The van der Waals surface area contributed by atoms with Gasteiger partial charge in [0.25, 0.3) is 0 Å². The Bertz CT molecular complexity index is 425. The fraction of sp³-hybridized carbons (Fsp3) is 0.769. The average molecular weight is 300 g/mol. The second-order valence-corrected chi connectivity index (χ2v) is 5.33. The molecule has 1 aromatic rings. The van der Waals surface area contributed by atoms with Crippen molar-refractivity contribution in [2.24, 2.45) is 0 Å². The molecule has 0 saturated heterocycles. The molecular formula is C13H22ClN5O. The van der Waals surface area contributed by atoms with Crippen LogP contribution in [0.4, 0.5) is 5.95 Å². The summed E-state index contributed by atoms with van der Waals surface area (Å²) >= 11 is 5.84. The van der Waals surface area contributed by atoms with Gasteiger partial charge in [-0.05, 0) is 38.4 Å². The van der Waals surface area contributed by atoms with E-state index < -0.39 is 0 Å². The molecule has 2 rings (SSSR count). The Morgan fingerprint density at radius 2 is 2.05 bits per heavy atom. The first-order valence-corrected chi connectivity index (χ1v) is 7.55. The number of anilines is 1. The van der Waals surface area contributed by atoms with E-state index >= 15 is 0 Å². The smallest absolute Gasteiger partial charge is 0.322 e. The summed E-state index contributed by atoms with van der Waals surface area (Å²) in [5.74, 6) is 0.466. The summed E-state index contributed by atoms with van der Waals surface area (Å²) in [7, 11) is 2.17. The van der Waals surface area contributed by atoms with Crippen molar-refractivity contribution in [2.45, 2.75) is 38.6 Å². The zero-order chi connectivity index (χ0) is 14.4. The molecule has 1 saturated carbocycles. The predicted octanol–water partition coefficient (Wildman–Crippen LogP) is 2.21. The van der Waals surface area contributed by atoms with Crippen LogP contribution in [0.25, 0.3) is 0 Å². The third-order valence-electron chi connectivity index (χ3n) is 3.56. The van der Waals surface area contributed by atoms with Gasteiger partial charge >= 0.3 is 6.01 Å². The number of nitrogens with one attached hydrogen (secondary N) is 1. The van der Waals surface area contributed by atoms with E-state index in [0.29, 0.717) is 12.6 Å². The highest BCUT2D eigenvalue weighted by Crippen LogP contribution is 2.22. The van der Waals surface area contributed by atoms with Crippen molar-refractivity contribution in [3.63, 3.8) is 0 Å². The highest BCUT2D eigenvalue weighted by atomic mass is 35.5. The Morgan fingerprint density at radius 1 is 1.30 bits per heavy atom. The van der Waals surface area contributed by atoms with Gasteiger partial charge in [-0.2, -0.15) is 15.0 Å². The summed E-state index contributed by atoms with van der Waals surface area (Å²) in [4.78, 5) is 14.5. The lowest BCUT2D eigenvalue weighted by Gasteiger charge is -2.23. The number of ether oxygens (including phenoxy) is 1. The van der Waals surface area contributed by atoms with E-state index in [2.05, 4.69) is 32.2 Å². The Hall–Kier alpha value is -1.14. The van der Waals surface area contributed by atoms with Crippen LogP contribution in [0.5, 0.6) is 6.01 Å². The Balaban J connectivity index is 1.80. The van der Waals surface area contributed by atoms with Crippen LogP contribution in [0.2, 0.25) is 5.28 Å². The van der Waals surface area contributed by atoms with Crippen LogP contribution in [-0.4, -0.2) is 52.6 Å². The minimum atomic E-state index is 0.148. The maximum Gasteiger partial charge on any atom is 0.322 e. The second-order valence-electron chi connectivity index (χ2n) is 4.99. The van der Waals surface area contributed by atoms with Crippen LogP contribution in [0, 0.1) is 0 Å². The largest absolute Gasteiger partial charge is 0.464 e. The lowest BCUT2D eigenvalue weighted by molar-refractivity contribution is 0.254. The molecule has 0 bridgehead atoms. The van der Waals surface area contributed by atoms with E-state index in [1.54, 1.807) is 0 Å². The molecule has 1 fully saturated rings. The standard InChI is InChI=1S/C13H22ClN5O/c1-3-20-13-17-11(14)16-12(18-13)15-8-9-19(2)10-6-4-5-7-10/h10H,3-9H2,1-2H3,(H,15,16,17,18). The Kier molecular flexibility index (Phi) is 5.79. The quantitative estimate of drug-likeness (QED) is 0.833. The van der Waals surface area contributed by atoms with E-state index in [-0.39, 0.29) is 11.3 Å². The van der Waals surface area contributed by atoms with Crippen molar-refractivity contribution in [1.82, 2.24) is 19.9 Å². The zero-order valence-electron chi connectivity index (χ0n) is 12.1. The SMILES string of the molecule is CCOc1nc(Cl)nc(NCCN(C)C2CCCC2)n1. The van der Waals surface area contributed by atoms with Gasteiger partial charge in [0.15, 0.2) is 0 Å². The fourth-order valence-corrected chi connectivity index (χ4v) is 2.63. The summed E-state index contributed by atoms with van der Waals surface area (Å²) < 4.78 is 5.24. The molecule has 0 aliphatic heterocycles. The molecule has 0 radical (unpaired) electrons. The number of hydrogen-bond donors (Lipinski definition) is 1. The highest BCUT2D eigenvalue weighted by Gasteiger charge is 2.18. The van der Waals surface area contributed by atoms with Crippen molar-refractivity contribution in [2.75, 3.05) is 32.1 Å². The van der Waals surface area contributed by atoms with Gasteiger partial charge in [0, 0.05) is 19.1 Å². The van der Waals surface area contributed by atoms with Crippen LogP contribution in [0.15, 0.2) is 0 Å². The predicted molar refractivity (Wildman–Crippen MR) is 79.4 cm³/mol. The van der Waals surface area contributed by atoms with Crippen LogP contribution in [-0.2, 0) is 0 Å². The van der Waals surface area contributed by atoms with E-state index in [0.717, 1.165) is 19.1 Å². The first-order valence-electron chi connectivity index (χ1n) is 7.17. The third kappa shape index (κ3) is 4.45. The lowest BCUT2D eigenvalue weighted by atomic mass is 10.2. The van der Waals surface area contributed by atoms with Gasteiger partial charge in [-0.1, -0.05) is 12.8 Å². The molecule has 1 aliphatic carbocycles. The number of rotatable bonds is 7. The number of halogens is 1. The summed E-state index contributed by atoms with van der Waals surface area (Å²) in [5, 5.41) is 3.32. The molecule has 1 aromatic heterocycles. The summed E-state index contributed by atoms with van der Waals surface area (Å²) in [6.07, 6.45) is 5.32. The van der Waals surface area contributed by atoms with E-state index in [4.69, 9.17) is 16.3 Å². The monoisotopic (exact) mass is 299 g/mol. The van der Waals surface area contributed by atoms with Gasteiger partial charge in [0.1, 0.15) is 0 Å². The van der Waals surface area contributed by atoms with Crippen molar-refractivity contribution < 1.29 is 4.74 Å². The van der Waals surface area contributed by atoms with Crippen LogP contribution in [0.1, 0.15) is 32.6 Å². The van der Waals surface area contributed by atoms with E-state index in [1.165, 1.54) is 25.7 Å². The summed E-state index contributed by atoms with van der Waals surface area (Å²) in [6.45, 7) is 4.11. The maximum absolute atomic E-state index is 5.84. The van der Waals surface area contributed by atoms with Gasteiger partial charge < -0.3 is 15.0 Å². The maximum atomic E-state index is 5.84. The fourth-order valence-electron chi connectivity index (χ4n) is 2.48. The molecule has 0 aromatic carbocycles. The van der Waals surface area contributed by atoms with Crippen molar-refractivity contribution in [1.29, 1.82) is 0 Å². The molecule has 0 atom stereocenters. The highest BCUT2D eigenvalue weighted by molar-refractivity contribution is 6.28. The molecule has 7 heteroatoms. The second kappa shape index (κ2) is 7.59. The van der Waals surface area contributed by atoms with Crippen molar-refractivity contribution >= 4 is 17.5 Å². The minimum absolute atomic E-state index is 0.148. The molecule has 20 heavy (non-hydrogen) atoms. The third-order valence-corrected chi connectivity index (χ3v) is 3.73. The number of likely N-dealkylation sites (N-methyl/N-ethyl adjacent to an activating group) is 1. The average Bonchev–Trinajstić information content (AvgIpc) is 2.92. The van der Waals surface area contributed by atoms with Crippen LogP contribution >= 0.6 is 11.6 Å². The molecule has 1 heterocycles. The number of aromatic nitrogens is 3. The van der Waals surface area contributed by atoms with Gasteiger partial charge in [-0.15, -0.1) is 0 Å². The Morgan fingerprint density at radius 3 is 2.75 bits per heavy atom. The number of hydrogen-bond acceptors (Lipinski definition) is 6. The minimum Gasteiger partial charge on any atom is -0.464 e. The van der Waals surface area contributed by atoms with Crippen LogP contribution < -0.4 is 10.1 Å². The first-order chi connectivity index (χ1) is 9.69. The summed E-state index contributed by atoms with van der Waals surface area (Å²) in [6, 6.07) is 0.983. The topological polar surface area (TPSA) is 63.2 Å². The molecule has 1 N–H and O–H groups in total. The first kappa shape index (κ1) is 15.3. The molecule has 6 nitrogen and oxygen atoms in total. The van der Waals surface area contributed by atoms with Gasteiger partial charge in [0.2, 0.25) is 11.2 Å². The molecule has 0 spiro atoms. The van der Waals surface area contributed by atoms with E-state index in [1.807, 2.05) is 6.92 Å². The number of nitrogens with zero attached hydrogens (tertiary/aromatic N) is 4. The zero-order valence-corrected chi connectivity index (χ0v) is 12.9. The lowest BCUT2D eigenvalue weighted by Crippen LogP contribution is -2.33. The molecule has 0 amide bonds. The van der Waals surface area contributed by atoms with Crippen molar-refractivity contribution in [3.8, 4) is 6.01 Å². The molecule has 1 aliphatic rings. The van der Waals surface area contributed by atoms with Gasteiger partial charge in [-0.25, -0.2) is 0 Å². The normalized spacial score (nSPS) is 15.8. The van der Waals surface area contributed by atoms with Crippen LogP contribution in [0.3, 0.4) is 0 Å². The van der Waals surface area contributed by atoms with E-state index in [9.17, 15) is 0 Å². The Labute approximate surface area is 124 Å². The molecule has 112 valence electrons. The van der Waals surface area contributed by atoms with Gasteiger partial charge in [0.05, 0.1) is 6.61 Å². The summed E-state index contributed by atoms with van der Waals surface area (Å²) in [5.41, 5.74) is 0. The van der Waals surface area contributed by atoms with Gasteiger partial charge in [-0.3, -0.25) is 0 Å². The molecular weight excluding hydrogens is 278 g/mol. The molecule has 0 unspecified atom stereocenters. The van der Waals surface area contributed by atoms with Crippen molar-refractivity contribution in [3.05, 3.63) is 5.28 Å².